The van der Waals surface area contributed by atoms with Crippen LogP contribution < -0.4 is 4.74 Å². The molecule has 0 atom stereocenters. The van der Waals surface area contributed by atoms with Gasteiger partial charge in [-0.2, -0.15) is 0 Å². The maximum Gasteiger partial charge on any atom is 0.119 e. The first kappa shape index (κ1) is 10.1. The van der Waals surface area contributed by atoms with Gasteiger partial charge in [-0.15, -0.1) is 0 Å². The molecule has 0 heterocycles. The molecule has 0 aliphatic heterocycles. The van der Waals surface area contributed by atoms with Gasteiger partial charge in [0.2, 0.25) is 0 Å². The van der Waals surface area contributed by atoms with Crippen LogP contribution in [-0.4, -0.2) is 11.7 Å². The fourth-order valence-electron chi connectivity index (χ4n) is 1.45. The molecule has 1 rings (SSSR count). The summed E-state index contributed by atoms with van der Waals surface area (Å²) in [6.45, 7) is 6.72. The molecule has 0 saturated carbocycles. The zero-order valence-electron chi connectivity index (χ0n) is 8.42. The van der Waals surface area contributed by atoms with Gasteiger partial charge in [0.15, 0.2) is 0 Å². The summed E-state index contributed by atoms with van der Waals surface area (Å²) in [5.41, 5.74) is 3.18. The van der Waals surface area contributed by atoms with E-state index in [4.69, 9.17) is 9.84 Å². The minimum atomic E-state index is 0.101. The van der Waals surface area contributed by atoms with Crippen LogP contribution in [0, 0.1) is 13.8 Å². The van der Waals surface area contributed by atoms with Crippen LogP contribution >= 0.6 is 0 Å². The Morgan fingerprint density at radius 1 is 1.23 bits per heavy atom. The minimum Gasteiger partial charge on any atom is -0.494 e. The van der Waals surface area contributed by atoms with Crippen LogP contribution in [0.15, 0.2) is 12.1 Å². The Kier molecular flexibility index (Phi) is 3.32. The lowest BCUT2D eigenvalue weighted by atomic mass is 10.0. The highest BCUT2D eigenvalue weighted by Gasteiger charge is 2.03. The zero-order valence-corrected chi connectivity index (χ0v) is 8.42. The molecule has 0 radical (unpaired) electrons. The maximum atomic E-state index is 9.08. The lowest BCUT2D eigenvalue weighted by Crippen LogP contribution is -1.97. The van der Waals surface area contributed by atoms with Crippen molar-refractivity contribution in [2.24, 2.45) is 0 Å². The average molecular weight is 180 g/mol. The molecule has 0 aromatic heterocycles. The van der Waals surface area contributed by atoms with Gasteiger partial charge in [0.05, 0.1) is 13.2 Å². The van der Waals surface area contributed by atoms with E-state index in [1.54, 1.807) is 0 Å². The lowest BCUT2D eigenvalue weighted by Gasteiger charge is -2.10. The Morgan fingerprint density at radius 3 is 2.15 bits per heavy atom. The van der Waals surface area contributed by atoms with Gasteiger partial charge in [-0.1, -0.05) is 0 Å². The predicted molar refractivity (Wildman–Crippen MR) is 53.0 cm³/mol. The van der Waals surface area contributed by atoms with Crippen molar-refractivity contribution in [2.75, 3.05) is 6.61 Å². The minimum absolute atomic E-state index is 0.101. The second-order valence-corrected chi connectivity index (χ2v) is 3.13. The Bertz CT molecular complexity index is 269. The van der Waals surface area contributed by atoms with Crippen molar-refractivity contribution < 1.29 is 9.84 Å². The number of aryl methyl sites for hydroxylation is 2. The number of aliphatic hydroxyl groups excluding tert-OH is 1. The summed E-state index contributed by atoms with van der Waals surface area (Å²) in [4.78, 5) is 0. The summed E-state index contributed by atoms with van der Waals surface area (Å²) >= 11 is 0. The first-order valence-corrected chi connectivity index (χ1v) is 4.52. The second kappa shape index (κ2) is 4.28. The molecule has 2 heteroatoms. The Labute approximate surface area is 79.2 Å². The Balaban J connectivity index is 3.05. The molecule has 0 aliphatic carbocycles. The summed E-state index contributed by atoms with van der Waals surface area (Å²) in [5.74, 6) is 0.884. The van der Waals surface area contributed by atoms with Gasteiger partial charge in [-0.25, -0.2) is 0 Å². The topological polar surface area (TPSA) is 29.5 Å². The number of ether oxygens (including phenoxy) is 1. The third kappa shape index (κ3) is 2.22. The van der Waals surface area contributed by atoms with E-state index in [1.807, 2.05) is 32.9 Å². The molecule has 2 nitrogen and oxygen atoms in total. The molecule has 0 spiro atoms. The molecule has 13 heavy (non-hydrogen) atoms. The number of aliphatic hydroxyl groups is 1. The van der Waals surface area contributed by atoms with Crippen molar-refractivity contribution in [2.45, 2.75) is 27.4 Å². The van der Waals surface area contributed by atoms with Gasteiger partial charge in [0, 0.05) is 0 Å². The smallest absolute Gasteiger partial charge is 0.119 e. The maximum absolute atomic E-state index is 9.08. The number of rotatable bonds is 3. The molecule has 72 valence electrons. The normalized spacial score (nSPS) is 10.2. The molecule has 0 unspecified atom stereocenters. The van der Waals surface area contributed by atoms with E-state index in [0.29, 0.717) is 6.61 Å². The third-order valence-corrected chi connectivity index (χ3v) is 2.14. The summed E-state index contributed by atoms with van der Waals surface area (Å²) in [6.07, 6.45) is 0. The zero-order chi connectivity index (χ0) is 9.84. The van der Waals surface area contributed by atoms with E-state index in [1.165, 1.54) is 0 Å². The largest absolute Gasteiger partial charge is 0.494 e. The Morgan fingerprint density at radius 2 is 1.77 bits per heavy atom. The molecule has 0 fully saturated rings. The second-order valence-electron chi connectivity index (χ2n) is 3.13. The summed E-state index contributed by atoms with van der Waals surface area (Å²) < 4.78 is 5.39. The van der Waals surface area contributed by atoms with Crippen molar-refractivity contribution in [3.05, 3.63) is 28.8 Å². The SMILES string of the molecule is CCOc1cc(C)c(CO)c(C)c1. The van der Waals surface area contributed by atoms with Crippen molar-refractivity contribution in [3.63, 3.8) is 0 Å². The Hall–Kier alpha value is -1.02. The first-order chi connectivity index (χ1) is 6.19. The van der Waals surface area contributed by atoms with Crippen LogP contribution in [-0.2, 0) is 6.61 Å². The van der Waals surface area contributed by atoms with Crippen molar-refractivity contribution in [1.82, 2.24) is 0 Å². The molecule has 0 aliphatic rings. The predicted octanol–water partition coefficient (Wildman–Crippen LogP) is 2.19. The van der Waals surface area contributed by atoms with Crippen LogP contribution in [0.3, 0.4) is 0 Å². The van der Waals surface area contributed by atoms with Gasteiger partial charge in [-0.3, -0.25) is 0 Å². The molecule has 0 bridgehead atoms. The first-order valence-electron chi connectivity index (χ1n) is 4.52. The number of hydrogen-bond donors (Lipinski definition) is 1. The van der Waals surface area contributed by atoms with Gasteiger partial charge in [0.25, 0.3) is 0 Å². The average Bonchev–Trinajstić information content (AvgIpc) is 2.04. The molecule has 1 aromatic rings. The summed E-state index contributed by atoms with van der Waals surface area (Å²) in [5, 5.41) is 9.08. The molecule has 1 aromatic carbocycles. The molecular weight excluding hydrogens is 164 g/mol. The van der Waals surface area contributed by atoms with Crippen LogP contribution in [0.4, 0.5) is 0 Å². The molecule has 0 amide bonds. The number of hydrogen-bond acceptors (Lipinski definition) is 2. The fourth-order valence-corrected chi connectivity index (χ4v) is 1.45. The van der Waals surface area contributed by atoms with Gasteiger partial charge in [0.1, 0.15) is 5.75 Å². The molecular formula is C11H16O2. The quantitative estimate of drug-likeness (QED) is 0.772. The van der Waals surface area contributed by atoms with E-state index in [9.17, 15) is 0 Å². The number of benzene rings is 1. The highest BCUT2D eigenvalue weighted by atomic mass is 16.5. The van der Waals surface area contributed by atoms with E-state index in [-0.39, 0.29) is 6.61 Å². The van der Waals surface area contributed by atoms with Crippen LogP contribution in [0.2, 0.25) is 0 Å². The third-order valence-electron chi connectivity index (χ3n) is 2.14. The lowest BCUT2D eigenvalue weighted by molar-refractivity contribution is 0.279. The summed E-state index contributed by atoms with van der Waals surface area (Å²) in [7, 11) is 0. The van der Waals surface area contributed by atoms with Crippen molar-refractivity contribution in [1.29, 1.82) is 0 Å². The van der Waals surface area contributed by atoms with Crippen molar-refractivity contribution in [3.8, 4) is 5.75 Å². The van der Waals surface area contributed by atoms with Crippen LogP contribution in [0.25, 0.3) is 0 Å². The van der Waals surface area contributed by atoms with E-state index in [0.717, 1.165) is 22.4 Å². The fraction of sp³-hybridized carbons (Fsp3) is 0.455. The van der Waals surface area contributed by atoms with Crippen LogP contribution in [0.1, 0.15) is 23.6 Å². The van der Waals surface area contributed by atoms with Gasteiger partial charge in [-0.05, 0) is 49.6 Å². The summed E-state index contributed by atoms with van der Waals surface area (Å²) in [6, 6.07) is 3.92. The van der Waals surface area contributed by atoms with Gasteiger partial charge < -0.3 is 9.84 Å². The molecule has 0 saturated heterocycles. The standard InChI is InChI=1S/C11H16O2/c1-4-13-10-5-8(2)11(7-12)9(3)6-10/h5-6,12H,4,7H2,1-3H3. The highest BCUT2D eigenvalue weighted by molar-refractivity contribution is 5.40. The van der Waals surface area contributed by atoms with E-state index < -0.39 is 0 Å². The van der Waals surface area contributed by atoms with E-state index >= 15 is 0 Å². The van der Waals surface area contributed by atoms with Crippen LogP contribution in [0.5, 0.6) is 5.75 Å². The highest BCUT2D eigenvalue weighted by Crippen LogP contribution is 2.21. The van der Waals surface area contributed by atoms with E-state index in [2.05, 4.69) is 0 Å². The van der Waals surface area contributed by atoms with Gasteiger partial charge >= 0.3 is 0 Å². The molecule has 1 N–H and O–H groups in total. The monoisotopic (exact) mass is 180 g/mol. The van der Waals surface area contributed by atoms with Crippen molar-refractivity contribution >= 4 is 0 Å².